The number of nitrogens with zero attached hydrogens (tertiary/aromatic N) is 6. The van der Waals surface area contributed by atoms with Crippen molar-refractivity contribution in [3.63, 3.8) is 0 Å². The van der Waals surface area contributed by atoms with Crippen LogP contribution in [0, 0.1) is 0 Å². The van der Waals surface area contributed by atoms with Crippen LogP contribution in [-0.4, -0.2) is 36.4 Å². The van der Waals surface area contributed by atoms with Gasteiger partial charge >= 0.3 is 0 Å². The Hall–Kier alpha value is -3.13. The van der Waals surface area contributed by atoms with Gasteiger partial charge in [0, 0.05) is 24.0 Å². The van der Waals surface area contributed by atoms with E-state index in [1.807, 2.05) is 23.0 Å². The highest BCUT2D eigenvalue weighted by atomic mass is 16.5. The summed E-state index contributed by atoms with van der Waals surface area (Å²) in [6, 6.07) is 6.29. The number of rotatable bonds is 5. The highest BCUT2D eigenvalue weighted by Gasteiger charge is 2.29. The second kappa shape index (κ2) is 6.73. The van der Waals surface area contributed by atoms with E-state index in [-0.39, 0.29) is 6.04 Å². The van der Waals surface area contributed by atoms with Crippen molar-refractivity contribution < 1.29 is 4.52 Å². The van der Waals surface area contributed by atoms with Gasteiger partial charge in [-0.2, -0.15) is 10.1 Å². The van der Waals surface area contributed by atoms with Gasteiger partial charge in [0.2, 0.25) is 0 Å². The van der Waals surface area contributed by atoms with Gasteiger partial charge in [0.1, 0.15) is 0 Å². The van der Waals surface area contributed by atoms with Crippen molar-refractivity contribution in [2.45, 2.75) is 44.2 Å². The van der Waals surface area contributed by atoms with Crippen LogP contribution in [-0.2, 0) is 6.54 Å². The number of hydrogen-bond donors (Lipinski definition) is 1. The van der Waals surface area contributed by atoms with Gasteiger partial charge in [-0.15, -0.1) is 0 Å². The first-order valence-electron chi connectivity index (χ1n) is 10.2. The van der Waals surface area contributed by atoms with Crippen LogP contribution in [0.1, 0.15) is 54.7 Å². The largest absolute Gasteiger partial charge is 0.334 e. The minimum absolute atomic E-state index is 0.183. The topological polar surface area (TPSA) is 94.6 Å². The third-order valence-corrected chi connectivity index (χ3v) is 5.75. The van der Waals surface area contributed by atoms with E-state index in [1.54, 1.807) is 12.4 Å². The molecule has 5 heterocycles. The summed E-state index contributed by atoms with van der Waals surface area (Å²) in [6.07, 6.45) is 9.99. The monoisotopic (exact) mass is 387 g/mol. The molecule has 8 nitrogen and oxygen atoms in total. The molecule has 0 spiro atoms. The lowest BCUT2D eigenvalue weighted by Crippen LogP contribution is -2.14. The zero-order valence-corrected chi connectivity index (χ0v) is 16.0. The van der Waals surface area contributed by atoms with E-state index in [4.69, 9.17) is 14.5 Å². The predicted octanol–water partition coefficient (Wildman–Crippen LogP) is 3.23. The first kappa shape index (κ1) is 16.8. The molecule has 0 bridgehead atoms. The molecule has 1 aliphatic heterocycles. The van der Waals surface area contributed by atoms with Crippen molar-refractivity contribution in [3.8, 4) is 11.5 Å². The maximum atomic E-state index is 5.68. The Kier molecular flexibility index (Phi) is 3.90. The van der Waals surface area contributed by atoms with Crippen molar-refractivity contribution in [3.05, 3.63) is 53.9 Å². The molecule has 2 fully saturated rings. The number of nitrogens with one attached hydrogen (secondary N) is 1. The van der Waals surface area contributed by atoms with Gasteiger partial charge in [-0.1, -0.05) is 5.16 Å². The van der Waals surface area contributed by atoms with Gasteiger partial charge < -0.3 is 9.84 Å². The molecule has 0 radical (unpaired) electrons. The molecule has 1 unspecified atom stereocenters. The summed E-state index contributed by atoms with van der Waals surface area (Å²) in [7, 11) is 0. The van der Waals surface area contributed by atoms with E-state index >= 15 is 0 Å². The minimum atomic E-state index is 0.183. The van der Waals surface area contributed by atoms with E-state index < -0.39 is 0 Å². The van der Waals surface area contributed by atoms with Gasteiger partial charge in [-0.3, -0.25) is 4.98 Å². The Morgan fingerprint density at radius 1 is 1.14 bits per heavy atom. The van der Waals surface area contributed by atoms with Crippen molar-refractivity contribution in [2.24, 2.45) is 0 Å². The molecular weight excluding hydrogens is 366 g/mol. The second-order valence-corrected chi connectivity index (χ2v) is 7.87. The fraction of sp³-hybridized carbons (Fsp3) is 0.381. The van der Waals surface area contributed by atoms with Crippen LogP contribution in [0.2, 0.25) is 0 Å². The highest BCUT2D eigenvalue weighted by Crippen LogP contribution is 2.41. The second-order valence-electron chi connectivity index (χ2n) is 7.87. The average Bonchev–Trinajstić information content (AvgIpc) is 3.13. The zero-order valence-electron chi connectivity index (χ0n) is 16.0. The molecule has 6 rings (SSSR count). The summed E-state index contributed by atoms with van der Waals surface area (Å²) < 4.78 is 7.62. The van der Waals surface area contributed by atoms with Gasteiger partial charge in [0.25, 0.3) is 5.89 Å². The number of aromatic nitrogens is 6. The van der Waals surface area contributed by atoms with Crippen LogP contribution in [0.25, 0.3) is 22.5 Å². The van der Waals surface area contributed by atoms with E-state index in [0.717, 1.165) is 53.1 Å². The zero-order chi connectivity index (χ0) is 19.2. The summed E-state index contributed by atoms with van der Waals surface area (Å²) in [5.74, 6) is 1.80. The number of hydrogen-bond acceptors (Lipinski definition) is 7. The summed E-state index contributed by atoms with van der Waals surface area (Å²) in [6.45, 7) is 1.65. The van der Waals surface area contributed by atoms with Gasteiger partial charge in [0.05, 0.1) is 29.7 Å². The number of fused-ring (bicyclic) bond motifs is 1. The Morgan fingerprint density at radius 3 is 2.83 bits per heavy atom. The van der Waals surface area contributed by atoms with E-state index in [0.29, 0.717) is 18.4 Å². The maximum Gasteiger partial charge on any atom is 0.258 e. The lowest BCUT2D eigenvalue weighted by molar-refractivity contribution is 0.412. The van der Waals surface area contributed by atoms with Crippen molar-refractivity contribution in [2.75, 3.05) is 6.54 Å². The third-order valence-electron chi connectivity index (χ3n) is 5.75. The SMILES string of the molecule is c1cc(Cn2ncc3c(-c4nc(C5CCCN5)no4)cc(C4CC4)nc32)ccn1. The minimum Gasteiger partial charge on any atom is -0.334 e. The van der Waals surface area contributed by atoms with Crippen LogP contribution in [0.3, 0.4) is 0 Å². The molecule has 1 saturated heterocycles. The van der Waals surface area contributed by atoms with E-state index in [9.17, 15) is 0 Å². The molecule has 1 atom stereocenters. The molecule has 1 saturated carbocycles. The first-order valence-corrected chi connectivity index (χ1v) is 10.2. The Bertz CT molecular complexity index is 1160. The Labute approximate surface area is 167 Å². The molecule has 0 aromatic carbocycles. The van der Waals surface area contributed by atoms with Crippen molar-refractivity contribution in [1.29, 1.82) is 0 Å². The first-order chi connectivity index (χ1) is 14.3. The fourth-order valence-electron chi connectivity index (χ4n) is 4.00. The average molecular weight is 387 g/mol. The van der Waals surface area contributed by atoms with Gasteiger partial charge in [0.15, 0.2) is 11.5 Å². The highest BCUT2D eigenvalue weighted by molar-refractivity contribution is 5.90. The molecule has 4 aromatic heterocycles. The summed E-state index contributed by atoms with van der Waals surface area (Å²) in [4.78, 5) is 13.8. The van der Waals surface area contributed by atoms with Crippen LogP contribution in [0.4, 0.5) is 0 Å². The smallest absolute Gasteiger partial charge is 0.258 e. The third kappa shape index (κ3) is 3.09. The van der Waals surface area contributed by atoms with Crippen LogP contribution >= 0.6 is 0 Å². The number of pyridine rings is 2. The predicted molar refractivity (Wildman–Crippen MR) is 106 cm³/mol. The summed E-state index contributed by atoms with van der Waals surface area (Å²) in [5.41, 5.74) is 4.01. The molecule has 1 aliphatic carbocycles. The maximum absolute atomic E-state index is 5.68. The Morgan fingerprint density at radius 2 is 2.03 bits per heavy atom. The molecule has 2 aliphatic rings. The lowest BCUT2D eigenvalue weighted by Gasteiger charge is -2.06. The summed E-state index contributed by atoms with van der Waals surface area (Å²) in [5, 5.41) is 13.2. The quantitative estimate of drug-likeness (QED) is 0.562. The standard InChI is InChI=1S/C21H21N7O/c1-2-17(23-7-1)19-26-21(29-27-19)15-10-18(14-3-4-14)25-20-16(15)11-24-28(20)12-13-5-8-22-9-6-13/h5-6,8-11,14,17,23H,1-4,7,12H2. The van der Waals surface area contributed by atoms with Crippen LogP contribution in [0.15, 0.2) is 41.3 Å². The molecule has 1 N–H and O–H groups in total. The lowest BCUT2D eigenvalue weighted by atomic mass is 10.1. The molecule has 146 valence electrons. The normalized spacial score (nSPS) is 19.2. The fourth-order valence-corrected chi connectivity index (χ4v) is 4.00. The van der Waals surface area contributed by atoms with E-state index in [1.165, 1.54) is 12.8 Å². The Balaban J connectivity index is 1.44. The van der Waals surface area contributed by atoms with Crippen LogP contribution in [0.5, 0.6) is 0 Å². The molecule has 0 amide bonds. The molecular formula is C21H21N7O. The van der Waals surface area contributed by atoms with Crippen molar-refractivity contribution in [1.82, 2.24) is 35.2 Å². The summed E-state index contributed by atoms with van der Waals surface area (Å²) >= 11 is 0. The van der Waals surface area contributed by atoms with Gasteiger partial charge in [-0.25, -0.2) is 9.67 Å². The van der Waals surface area contributed by atoms with Crippen LogP contribution < -0.4 is 5.32 Å². The van der Waals surface area contributed by atoms with Crippen molar-refractivity contribution >= 4 is 11.0 Å². The van der Waals surface area contributed by atoms with Gasteiger partial charge in [-0.05, 0) is 56.0 Å². The van der Waals surface area contributed by atoms with E-state index in [2.05, 4.69) is 26.6 Å². The molecule has 29 heavy (non-hydrogen) atoms. The molecule has 4 aromatic rings. The molecule has 8 heteroatoms.